The van der Waals surface area contributed by atoms with Gasteiger partial charge in [0.05, 0.1) is 11.4 Å². The lowest BCUT2D eigenvalue weighted by molar-refractivity contribution is 0.660. The van der Waals surface area contributed by atoms with E-state index in [1.807, 2.05) is 18.2 Å². The van der Waals surface area contributed by atoms with E-state index in [4.69, 9.17) is 9.97 Å². The van der Waals surface area contributed by atoms with E-state index < -0.39 is 0 Å². The van der Waals surface area contributed by atoms with Crippen LogP contribution in [0.2, 0.25) is 0 Å². The van der Waals surface area contributed by atoms with Crippen LogP contribution in [-0.2, 0) is 5.41 Å². The molecule has 1 aromatic heterocycles. The summed E-state index contributed by atoms with van der Waals surface area (Å²) in [6, 6.07) is 78.6. The number of benzene rings is 9. The van der Waals surface area contributed by atoms with Crippen LogP contribution in [0.1, 0.15) is 25.0 Å². The molecule has 0 radical (unpaired) electrons. The van der Waals surface area contributed by atoms with Crippen molar-refractivity contribution in [2.24, 2.45) is 0 Å². The average Bonchev–Trinajstić information content (AvgIpc) is 3.56. The van der Waals surface area contributed by atoms with Crippen molar-refractivity contribution < 1.29 is 0 Å². The van der Waals surface area contributed by atoms with E-state index in [2.05, 4.69) is 214 Å². The lowest BCUT2D eigenvalue weighted by atomic mass is 9.81. The van der Waals surface area contributed by atoms with Crippen molar-refractivity contribution >= 4 is 10.8 Å². The van der Waals surface area contributed by atoms with Gasteiger partial charge in [-0.1, -0.05) is 202 Å². The number of aromatic nitrogens is 2. The first-order valence-electron chi connectivity index (χ1n) is 21.1. The summed E-state index contributed by atoms with van der Waals surface area (Å²) >= 11 is 0. The standard InChI is InChI=1S/C59H42N2/c1-59(2)54-25-15-14-24-51(54)52-31-30-44(37-55(52)59)41-26-28-42(29-27-41)48-32-33-53(50-23-13-12-22-49(48)50)57-38-56(60-58(61-57)43-20-10-5-11-21-43)47-35-45(39-16-6-3-7-17-39)34-46(36-47)40-18-8-4-9-19-40/h3-38H,1-2H3. The van der Waals surface area contributed by atoms with E-state index >= 15 is 0 Å². The third kappa shape index (κ3) is 6.54. The van der Waals surface area contributed by atoms with Gasteiger partial charge in [0.1, 0.15) is 0 Å². The molecular formula is C59H42N2. The summed E-state index contributed by atoms with van der Waals surface area (Å²) < 4.78 is 0. The number of hydrogen-bond donors (Lipinski definition) is 0. The van der Waals surface area contributed by atoms with Gasteiger partial charge in [0.2, 0.25) is 0 Å². The zero-order chi connectivity index (χ0) is 40.9. The molecule has 0 atom stereocenters. The van der Waals surface area contributed by atoms with E-state index in [9.17, 15) is 0 Å². The zero-order valence-electron chi connectivity index (χ0n) is 34.2. The molecule has 61 heavy (non-hydrogen) atoms. The molecule has 2 nitrogen and oxygen atoms in total. The molecular weight excluding hydrogens is 737 g/mol. The molecule has 1 aliphatic rings. The number of nitrogens with zero attached hydrogens (tertiary/aromatic N) is 2. The van der Waals surface area contributed by atoms with Crippen LogP contribution in [0.5, 0.6) is 0 Å². The molecule has 10 aromatic rings. The van der Waals surface area contributed by atoms with Crippen molar-refractivity contribution in [2.45, 2.75) is 19.3 Å². The first kappa shape index (κ1) is 36.4. The van der Waals surface area contributed by atoms with Crippen LogP contribution in [0.15, 0.2) is 218 Å². The van der Waals surface area contributed by atoms with E-state index in [0.717, 1.165) is 55.7 Å². The second kappa shape index (κ2) is 14.9. The Morgan fingerprint density at radius 2 is 0.738 bits per heavy atom. The van der Waals surface area contributed by atoms with E-state index in [1.165, 1.54) is 49.9 Å². The van der Waals surface area contributed by atoms with Crippen molar-refractivity contribution in [1.29, 1.82) is 0 Å². The van der Waals surface area contributed by atoms with Crippen LogP contribution in [0.3, 0.4) is 0 Å². The highest BCUT2D eigenvalue weighted by atomic mass is 14.9. The number of hydrogen-bond acceptors (Lipinski definition) is 2. The highest BCUT2D eigenvalue weighted by Gasteiger charge is 2.35. The minimum absolute atomic E-state index is 0.0356. The van der Waals surface area contributed by atoms with E-state index in [0.29, 0.717) is 5.82 Å². The van der Waals surface area contributed by atoms with Gasteiger partial charge < -0.3 is 0 Å². The van der Waals surface area contributed by atoms with Gasteiger partial charge >= 0.3 is 0 Å². The Kier molecular flexibility index (Phi) is 8.86. The Balaban J connectivity index is 1.01. The molecule has 0 unspecified atom stereocenters. The summed E-state index contributed by atoms with van der Waals surface area (Å²) in [5.41, 5.74) is 19.7. The molecule has 1 aliphatic carbocycles. The highest BCUT2D eigenvalue weighted by molar-refractivity contribution is 6.05. The Hall–Kier alpha value is -7.68. The van der Waals surface area contributed by atoms with Gasteiger partial charge in [-0.2, -0.15) is 0 Å². The molecule has 0 N–H and O–H groups in total. The molecule has 0 aliphatic heterocycles. The third-order valence-electron chi connectivity index (χ3n) is 12.5. The molecule has 11 rings (SSSR count). The maximum absolute atomic E-state index is 5.30. The summed E-state index contributed by atoms with van der Waals surface area (Å²) in [6.45, 7) is 4.69. The maximum Gasteiger partial charge on any atom is 0.160 e. The number of rotatable bonds is 7. The number of fused-ring (bicyclic) bond motifs is 4. The third-order valence-corrected chi connectivity index (χ3v) is 12.5. The SMILES string of the molecule is CC1(C)c2ccccc2-c2ccc(-c3ccc(-c4ccc(-c5cc(-c6cc(-c7ccccc7)cc(-c7ccccc7)c6)nc(-c6ccccc6)n5)c5ccccc45)cc3)cc21. The zero-order valence-corrected chi connectivity index (χ0v) is 34.2. The van der Waals surface area contributed by atoms with Gasteiger partial charge in [-0.15, -0.1) is 0 Å². The van der Waals surface area contributed by atoms with Gasteiger partial charge in [-0.3, -0.25) is 0 Å². The minimum atomic E-state index is -0.0356. The fourth-order valence-electron chi connectivity index (χ4n) is 9.32. The lowest BCUT2D eigenvalue weighted by Gasteiger charge is -2.22. The molecule has 0 spiro atoms. The first-order valence-corrected chi connectivity index (χ1v) is 21.1. The van der Waals surface area contributed by atoms with Gasteiger partial charge in [0.25, 0.3) is 0 Å². The summed E-state index contributed by atoms with van der Waals surface area (Å²) in [4.78, 5) is 10.6. The molecule has 288 valence electrons. The van der Waals surface area contributed by atoms with Crippen LogP contribution in [0.25, 0.3) is 100 Å². The maximum atomic E-state index is 5.30. The molecule has 0 amide bonds. The van der Waals surface area contributed by atoms with Crippen molar-refractivity contribution in [3.05, 3.63) is 230 Å². The summed E-state index contributed by atoms with van der Waals surface area (Å²) in [6.07, 6.45) is 0. The van der Waals surface area contributed by atoms with Crippen LogP contribution >= 0.6 is 0 Å². The normalized spacial score (nSPS) is 12.6. The average molecular weight is 779 g/mol. The van der Waals surface area contributed by atoms with Crippen molar-refractivity contribution in [1.82, 2.24) is 9.97 Å². The lowest BCUT2D eigenvalue weighted by Crippen LogP contribution is -2.14. The molecule has 9 aromatic carbocycles. The Morgan fingerprint density at radius 3 is 1.41 bits per heavy atom. The molecule has 0 saturated carbocycles. The fourth-order valence-corrected chi connectivity index (χ4v) is 9.32. The van der Waals surface area contributed by atoms with Gasteiger partial charge in [-0.05, 0) is 108 Å². The highest BCUT2D eigenvalue weighted by Crippen LogP contribution is 2.49. The summed E-state index contributed by atoms with van der Waals surface area (Å²) in [5.74, 6) is 0.696. The van der Waals surface area contributed by atoms with E-state index in [1.54, 1.807) is 0 Å². The first-order chi connectivity index (χ1) is 30.0. The van der Waals surface area contributed by atoms with Gasteiger partial charge in [0, 0.05) is 22.1 Å². The van der Waals surface area contributed by atoms with Crippen LogP contribution < -0.4 is 0 Å². The Morgan fingerprint density at radius 1 is 0.279 bits per heavy atom. The van der Waals surface area contributed by atoms with Crippen molar-refractivity contribution in [3.8, 4) is 89.5 Å². The molecule has 0 saturated heterocycles. The smallest absolute Gasteiger partial charge is 0.160 e. The largest absolute Gasteiger partial charge is 0.228 e. The second-order valence-corrected chi connectivity index (χ2v) is 16.6. The van der Waals surface area contributed by atoms with Crippen molar-refractivity contribution in [3.63, 3.8) is 0 Å². The molecule has 2 heteroatoms. The fraction of sp³-hybridized carbons (Fsp3) is 0.0508. The predicted molar refractivity (Wildman–Crippen MR) is 255 cm³/mol. The molecule has 1 heterocycles. The molecule has 0 bridgehead atoms. The Labute approximate surface area is 357 Å². The second-order valence-electron chi connectivity index (χ2n) is 16.6. The monoisotopic (exact) mass is 778 g/mol. The summed E-state index contributed by atoms with van der Waals surface area (Å²) in [7, 11) is 0. The van der Waals surface area contributed by atoms with Crippen LogP contribution in [-0.4, -0.2) is 9.97 Å². The summed E-state index contributed by atoms with van der Waals surface area (Å²) in [5, 5.41) is 2.33. The van der Waals surface area contributed by atoms with Crippen LogP contribution in [0.4, 0.5) is 0 Å². The van der Waals surface area contributed by atoms with Gasteiger partial charge in [0.15, 0.2) is 5.82 Å². The minimum Gasteiger partial charge on any atom is -0.228 e. The predicted octanol–water partition coefficient (Wildman–Crippen LogP) is 15.6. The quantitative estimate of drug-likeness (QED) is 0.161. The topological polar surface area (TPSA) is 25.8 Å². The van der Waals surface area contributed by atoms with Gasteiger partial charge in [-0.25, -0.2) is 9.97 Å². The van der Waals surface area contributed by atoms with Crippen LogP contribution in [0, 0.1) is 0 Å². The Bertz CT molecular complexity index is 3180. The molecule has 0 fully saturated rings. The van der Waals surface area contributed by atoms with Crippen molar-refractivity contribution in [2.75, 3.05) is 0 Å². The van der Waals surface area contributed by atoms with E-state index in [-0.39, 0.29) is 5.41 Å².